The van der Waals surface area contributed by atoms with Gasteiger partial charge in [-0.05, 0) is 6.07 Å². The number of hydrogen-bond acceptors (Lipinski definition) is 8. The van der Waals surface area contributed by atoms with Crippen molar-refractivity contribution >= 4 is 28.7 Å². The summed E-state index contributed by atoms with van der Waals surface area (Å²) in [5.74, 6) is 2.59. The molecule has 1 aliphatic heterocycles. The summed E-state index contributed by atoms with van der Waals surface area (Å²) < 4.78 is 1.92. The molecule has 0 aromatic carbocycles. The zero-order valence-corrected chi connectivity index (χ0v) is 14.7. The third kappa shape index (κ3) is 2.81. The van der Waals surface area contributed by atoms with Crippen molar-refractivity contribution in [1.82, 2.24) is 29.5 Å². The van der Waals surface area contributed by atoms with E-state index in [-0.39, 0.29) is 0 Å². The van der Waals surface area contributed by atoms with E-state index >= 15 is 0 Å². The van der Waals surface area contributed by atoms with Crippen LogP contribution in [-0.4, -0.2) is 69.8 Å². The Labute approximate surface area is 146 Å². The van der Waals surface area contributed by atoms with E-state index in [0.29, 0.717) is 0 Å². The topological polar surface area (TPSA) is 79.1 Å². The number of piperazine rings is 1. The summed E-state index contributed by atoms with van der Waals surface area (Å²) in [6.07, 6.45) is 5.20. The third-order valence-electron chi connectivity index (χ3n) is 4.41. The van der Waals surface area contributed by atoms with Crippen LogP contribution in [0.4, 0.5) is 17.6 Å². The highest BCUT2D eigenvalue weighted by Gasteiger charge is 2.22. The smallest absolute Gasteiger partial charge is 0.226 e. The van der Waals surface area contributed by atoms with E-state index in [1.165, 1.54) is 0 Å². The average Bonchev–Trinajstić information content (AvgIpc) is 3.03. The summed E-state index contributed by atoms with van der Waals surface area (Å²) in [7, 11) is 5.84. The molecule has 0 aliphatic carbocycles. The van der Waals surface area contributed by atoms with Gasteiger partial charge in [0.1, 0.15) is 12.1 Å². The van der Waals surface area contributed by atoms with Crippen LogP contribution in [0.2, 0.25) is 0 Å². The van der Waals surface area contributed by atoms with Crippen LogP contribution in [-0.2, 0) is 7.05 Å². The third-order valence-corrected chi connectivity index (χ3v) is 4.41. The fourth-order valence-electron chi connectivity index (χ4n) is 3.04. The van der Waals surface area contributed by atoms with Crippen molar-refractivity contribution in [3.05, 3.63) is 24.9 Å². The second-order valence-corrected chi connectivity index (χ2v) is 6.31. The Morgan fingerprint density at radius 2 is 1.72 bits per heavy atom. The zero-order valence-electron chi connectivity index (χ0n) is 14.7. The van der Waals surface area contributed by atoms with E-state index < -0.39 is 0 Å². The minimum absolute atomic E-state index is 0.728. The van der Waals surface area contributed by atoms with Crippen molar-refractivity contribution in [2.45, 2.75) is 0 Å². The number of fused-ring (bicyclic) bond motifs is 1. The maximum absolute atomic E-state index is 4.63. The fourth-order valence-corrected chi connectivity index (χ4v) is 3.04. The number of imidazole rings is 1. The maximum Gasteiger partial charge on any atom is 0.226 e. The number of aromatic nitrogens is 6. The second-order valence-electron chi connectivity index (χ2n) is 6.31. The van der Waals surface area contributed by atoms with Gasteiger partial charge >= 0.3 is 0 Å². The van der Waals surface area contributed by atoms with E-state index in [2.05, 4.69) is 34.7 Å². The Morgan fingerprint density at radius 1 is 0.960 bits per heavy atom. The van der Waals surface area contributed by atoms with Gasteiger partial charge in [-0.25, -0.2) is 19.9 Å². The molecule has 0 atom stereocenters. The van der Waals surface area contributed by atoms with Crippen molar-refractivity contribution in [3.8, 4) is 0 Å². The van der Waals surface area contributed by atoms with Gasteiger partial charge in [-0.2, -0.15) is 4.98 Å². The van der Waals surface area contributed by atoms with E-state index in [1.807, 2.05) is 42.9 Å². The first-order valence-corrected chi connectivity index (χ1v) is 8.26. The molecule has 0 saturated carbocycles. The number of nitrogens with zero attached hydrogens (tertiary/aromatic N) is 9. The van der Waals surface area contributed by atoms with Crippen molar-refractivity contribution < 1.29 is 0 Å². The molecule has 130 valence electrons. The lowest BCUT2D eigenvalue weighted by molar-refractivity contribution is 0.641. The van der Waals surface area contributed by atoms with Crippen molar-refractivity contribution in [2.24, 2.45) is 7.05 Å². The molecule has 0 radical (unpaired) electrons. The first kappa shape index (κ1) is 15.6. The summed E-state index contributed by atoms with van der Waals surface area (Å²) in [5.41, 5.74) is 1.72. The molecule has 9 nitrogen and oxygen atoms in total. The lowest BCUT2D eigenvalue weighted by atomic mass is 10.3. The predicted molar refractivity (Wildman–Crippen MR) is 97.1 cm³/mol. The molecule has 0 amide bonds. The highest BCUT2D eigenvalue weighted by molar-refractivity contribution is 5.83. The van der Waals surface area contributed by atoms with E-state index in [4.69, 9.17) is 0 Å². The highest BCUT2D eigenvalue weighted by Crippen LogP contribution is 2.23. The van der Waals surface area contributed by atoms with Crippen LogP contribution in [0.25, 0.3) is 11.2 Å². The summed E-state index contributed by atoms with van der Waals surface area (Å²) in [4.78, 5) is 28.6. The van der Waals surface area contributed by atoms with Gasteiger partial charge in [0.2, 0.25) is 5.95 Å². The summed E-state index contributed by atoms with van der Waals surface area (Å²) >= 11 is 0. The quantitative estimate of drug-likeness (QED) is 0.684. The fraction of sp³-hybridized carbons (Fsp3) is 0.438. The van der Waals surface area contributed by atoms with Gasteiger partial charge in [0, 0.05) is 53.5 Å². The van der Waals surface area contributed by atoms with Gasteiger partial charge in [0.05, 0.1) is 6.33 Å². The molecule has 0 unspecified atom stereocenters. The van der Waals surface area contributed by atoms with Gasteiger partial charge < -0.3 is 19.3 Å². The van der Waals surface area contributed by atoms with Crippen LogP contribution < -0.4 is 14.7 Å². The molecule has 0 bridgehead atoms. The molecule has 25 heavy (non-hydrogen) atoms. The van der Waals surface area contributed by atoms with Crippen LogP contribution in [0.5, 0.6) is 0 Å². The van der Waals surface area contributed by atoms with Gasteiger partial charge in [-0.3, -0.25) is 0 Å². The van der Waals surface area contributed by atoms with E-state index in [9.17, 15) is 0 Å². The van der Waals surface area contributed by atoms with Gasteiger partial charge in [0.25, 0.3) is 0 Å². The summed E-state index contributed by atoms with van der Waals surface area (Å²) in [6, 6.07) is 1.96. The van der Waals surface area contributed by atoms with E-state index in [0.717, 1.165) is 54.9 Å². The van der Waals surface area contributed by atoms with Crippen LogP contribution in [0, 0.1) is 0 Å². The molecule has 1 saturated heterocycles. The SMILES string of the molecule is CN(C)c1nccc(N2CCN(c3ncnc4c3ncn4C)CC2)n1. The molecule has 4 rings (SSSR count). The molecule has 1 fully saturated rings. The van der Waals surface area contributed by atoms with Crippen LogP contribution >= 0.6 is 0 Å². The molecule has 3 aromatic rings. The molecular formula is C16H21N9. The number of hydrogen-bond donors (Lipinski definition) is 0. The molecular weight excluding hydrogens is 318 g/mol. The molecule has 0 spiro atoms. The average molecular weight is 339 g/mol. The molecule has 9 heteroatoms. The number of rotatable bonds is 3. The lowest BCUT2D eigenvalue weighted by Gasteiger charge is -2.36. The first-order chi connectivity index (χ1) is 12.1. The number of aryl methyl sites for hydroxylation is 1. The normalized spacial score (nSPS) is 15.0. The highest BCUT2D eigenvalue weighted by atomic mass is 15.3. The molecule has 3 aromatic heterocycles. The molecule has 0 N–H and O–H groups in total. The number of anilines is 3. The van der Waals surface area contributed by atoms with Gasteiger partial charge in [-0.1, -0.05) is 0 Å². The Kier molecular flexibility index (Phi) is 3.83. The van der Waals surface area contributed by atoms with Crippen molar-refractivity contribution in [1.29, 1.82) is 0 Å². The first-order valence-electron chi connectivity index (χ1n) is 8.26. The Morgan fingerprint density at radius 3 is 2.48 bits per heavy atom. The Bertz CT molecular complexity index is 880. The molecule has 1 aliphatic rings. The Hall–Kier alpha value is -2.97. The zero-order chi connectivity index (χ0) is 17.4. The van der Waals surface area contributed by atoms with Crippen LogP contribution in [0.1, 0.15) is 0 Å². The van der Waals surface area contributed by atoms with Crippen LogP contribution in [0.3, 0.4) is 0 Å². The minimum atomic E-state index is 0.728. The predicted octanol–water partition coefficient (Wildman–Crippen LogP) is 0.546. The molecule has 4 heterocycles. The van der Waals surface area contributed by atoms with Crippen molar-refractivity contribution in [3.63, 3.8) is 0 Å². The minimum Gasteiger partial charge on any atom is -0.353 e. The van der Waals surface area contributed by atoms with Crippen LogP contribution in [0.15, 0.2) is 24.9 Å². The van der Waals surface area contributed by atoms with Gasteiger partial charge in [0.15, 0.2) is 17.0 Å². The summed E-state index contributed by atoms with van der Waals surface area (Å²) in [6.45, 7) is 3.48. The maximum atomic E-state index is 4.63. The second kappa shape index (κ2) is 6.15. The monoisotopic (exact) mass is 339 g/mol. The Balaban J connectivity index is 1.52. The lowest BCUT2D eigenvalue weighted by Crippen LogP contribution is -2.47. The van der Waals surface area contributed by atoms with Gasteiger partial charge in [-0.15, -0.1) is 0 Å². The van der Waals surface area contributed by atoms with Crippen molar-refractivity contribution in [2.75, 3.05) is 55.0 Å². The standard InChI is InChI=1S/C16H21N9/c1-22(2)16-17-5-4-12(21-16)24-6-8-25(9-7-24)15-13-14(18-10-19-15)23(3)11-20-13/h4-5,10-11H,6-9H2,1-3H3. The van der Waals surface area contributed by atoms with E-state index in [1.54, 1.807) is 12.7 Å². The largest absolute Gasteiger partial charge is 0.353 e. The summed E-state index contributed by atoms with van der Waals surface area (Å²) in [5, 5.41) is 0.